The molecule has 1 heterocycles. The van der Waals surface area contributed by atoms with E-state index in [1.165, 1.54) is 24.6 Å². The van der Waals surface area contributed by atoms with Crippen LogP contribution in [0.1, 0.15) is 6.92 Å². The van der Waals surface area contributed by atoms with Crippen molar-refractivity contribution in [1.29, 1.82) is 0 Å². The summed E-state index contributed by atoms with van der Waals surface area (Å²) in [4.78, 5) is 2.32. The Balaban J connectivity index is 1.52. The van der Waals surface area contributed by atoms with Crippen molar-refractivity contribution in [2.45, 2.75) is 11.8 Å². The number of methoxy groups -OCH3 is 2. The third-order valence-corrected chi connectivity index (χ3v) is 7.05. The summed E-state index contributed by atoms with van der Waals surface area (Å²) in [6.07, 6.45) is 0. The molecule has 0 amide bonds. The molecule has 0 aliphatic carbocycles. The average Bonchev–Trinajstić information content (AvgIpc) is 2.80. The smallest absolute Gasteiger partial charge is 0.246 e. The number of hydrogen-bond acceptors (Lipinski definition) is 7. The number of sulfonamides is 1. The highest BCUT2D eigenvalue weighted by Gasteiger charge is 2.31. The number of ether oxygens (including phenoxy) is 4. The molecule has 0 bridgehead atoms. The molecular formula is C22H30N2O6S. The number of nitrogens with zero attached hydrogens (tertiary/aromatic N) is 2. The molecule has 0 spiro atoms. The van der Waals surface area contributed by atoms with Crippen LogP contribution in [0.5, 0.6) is 23.0 Å². The highest BCUT2D eigenvalue weighted by Crippen LogP contribution is 2.31. The van der Waals surface area contributed by atoms with Crippen molar-refractivity contribution < 1.29 is 27.4 Å². The minimum atomic E-state index is -3.67. The molecule has 9 heteroatoms. The van der Waals surface area contributed by atoms with Gasteiger partial charge in [-0.1, -0.05) is 0 Å². The summed E-state index contributed by atoms with van der Waals surface area (Å²) in [5.41, 5.74) is 0. The molecule has 2 aromatic rings. The van der Waals surface area contributed by atoms with Crippen molar-refractivity contribution in [2.75, 3.05) is 60.2 Å². The third-order valence-electron chi connectivity index (χ3n) is 5.13. The van der Waals surface area contributed by atoms with Crippen molar-refractivity contribution in [3.05, 3.63) is 42.5 Å². The van der Waals surface area contributed by atoms with E-state index >= 15 is 0 Å². The highest BCUT2D eigenvalue weighted by atomic mass is 32.2. The van der Waals surface area contributed by atoms with Crippen molar-refractivity contribution in [3.63, 3.8) is 0 Å². The SMILES string of the molecule is CCOc1ccc(OCCN2CCN(S(=O)(=O)c3cc(OC)ccc3OC)CC2)cc1. The fourth-order valence-corrected chi connectivity index (χ4v) is 5.00. The third kappa shape index (κ3) is 5.81. The van der Waals surface area contributed by atoms with Crippen LogP contribution in [0.25, 0.3) is 0 Å². The van der Waals surface area contributed by atoms with Gasteiger partial charge in [0, 0.05) is 38.8 Å². The molecule has 3 rings (SSSR count). The Morgan fingerprint density at radius 1 is 0.839 bits per heavy atom. The van der Waals surface area contributed by atoms with Crippen LogP contribution in [0.3, 0.4) is 0 Å². The van der Waals surface area contributed by atoms with E-state index in [1.807, 2.05) is 31.2 Å². The monoisotopic (exact) mass is 450 g/mol. The minimum Gasteiger partial charge on any atom is -0.497 e. The summed E-state index contributed by atoms with van der Waals surface area (Å²) in [5, 5.41) is 0. The molecule has 0 saturated carbocycles. The number of rotatable bonds is 10. The van der Waals surface area contributed by atoms with Gasteiger partial charge >= 0.3 is 0 Å². The largest absolute Gasteiger partial charge is 0.497 e. The maximum Gasteiger partial charge on any atom is 0.246 e. The van der Waals surface area contributed by atoms with Gasteiger partial charge in [-0.2, -0.15) is 4.31 Å². The molecule has 0 aromatic heterocycles. The molecule has 1 aliphatic heterocycles. The summed E-state index contributed by atoms with van der Waals surface area (Å²) >= 11 is 0. The van der Waals surface area contributed by atoms with Crippen LogP contribution >= 0.6 is 0 Å². The Hall–Kier alpha value is -2.49. The lowest BCUT2D eigenvalue weighted by Crippen LogP contribution is -2.49. The Morgan fingerprint density at radius 3 is 2.03 bits per heavy atom. The van der Waals surface area contributed by atoms with Crippen molar-refractivity contribution in [3.8, 4) is 23.0 Å². The molecule has 1 aliphatic rings. The van der Waals surface area contributed by atoms with Gasteiger partial charge in [0.25, 0.3) is 0 Å². The van der Waals surface area contributed by atoms with E-state index in [0.717, 1.165) is 18.0 Å². The van der Waals surface area contributed by atoms with E-state index in [4.69, 9.17) is 18.9 Å². The molecular weight excluding hydrogens is 420 g/mol. The van der Waals surface area contributed by atoms with Crippen LogP contribution in [0.15, 0.2) is 47.4 Å². The van der Waals surface area contributed by atoms with Gasteiger partial charge in [0.2, 0.25) is 10.0 Å². The standard InChI is InChI=1S/C22H30N2O6S/c1-4-29-18-5-7-19(8-6-18)30-16-15-23-11-13-24(14-12-23)31(25,26)22-17-20(27-2)9-10-21(22)28-3/h5-10,17H,4,11-16H2,1-3H3. The summed E-state index contributed by atoms with van der Waals surface area (Å²) in [5.74, 6) is 2.39. The van der Waals surface area contributed by atoms with Crippen LogP contribution in [0.4, 0.5) is 0 Å². The number of hydrogen-bond donors (Lipinski definition) is 0. The van der Waals surface area contributed by atoms with Crippen molar-refractivity contribution in [1.82, 2.24) is 9.21 Å². The Morgan fingerprint density at radius 2 is 1.45 bits per heavy atom. The van der Waals surface area contributed by atoms with E-state index in [-0.39, 0.29) is 4.90 Å². The van der Waals surface area contributed by atoms with E-state index in [2.05, 4.69) is 4.90 Å². The van der Waals surface area contributed by atoms with E-state index in [9.17, 15) is 8.42 Å². The second kappa shape index (κ2) is 10.7. The fraction of sp³-hybridized carbons (Fsp3) is 0.455. The lowest BCUT2D eigenvalue weighted by Gasteiger charge is -2.34. The lowest BCUT2D eigenvalue weighted by atomic mass is 10.3. The Bertz CT molecular complexity index is 941. The second-order valence-corrected chi connectivity index (χ2v) is 8.92. The predicted molar refractivity (Wildman–Crippen MR) is 118 cm³/mol. The first kappa shape index (κ1) is 23.2. The summed E-state index contributed by atoms with van der Waals surface area (Å²) in [6.45, 7) is 5.93. The zero-order valence-electron chi connectivity index (χ0n) is 18.2. The molecule has 1 saturated heterocycles. The van der Waals surface area contributed by atoms with E-state index < -0.39 is 10.0 Å². The topological polar surface area (TPSA) is 77.5 Å². The van der Waals surface area contributed by atoms with Crippen molar-refractivity contribution >= 4 is 10.0 Å². The predicted octanol–water partition coefficient (Wildman–Crippen LogP) is 2.49. The van der Waals surface area contributed by atoms with Gasteiger partial charge in [0.05, 0.1) is 20.8 Å². The first-order valence-electron chi connectivity index (χ1n) is 10.3. The van der Waals surface area contributed by atoms with Gasteiger partial charge in [-0.3, -0.25) is 4.90 Å². The Labute approximate surface area is 184 Å². The maximum absolute atomic E-state index is 13.2. The van der Waals surface area contributed by atoms with E-state index in [0.29, 0.717) is 50.9 Å². The molecule has 2 aromatic carbocycles. The molecule has 1 fully saturated rings. The van der Waals surface area contributed by atoms with Gasteiger partial charge in [-0.15, -0.1) is 0 Å². The first-order chi connectivity index (χ1) is 15.0. The zero-order chi connectivity index (χ0) is 22.3. The molecule has 0 unspecified atom stereocenters. The molecule has 0 N–H and O–H groups in total. The molecule has 0 atom stereocenters. The van der Waals surface area contributed by atoms with Crippen LogP contribution in [0, 0.1) is 0 Å². The normalized spacial score (nSPS) is 15.5. The molecule has 8 nitrogen and oxygen atoms in total. The quantitative estimate of drug-likeness (QED) is 0.550. The molecule has 0 radical (unpaired) electrons. The van der Waals surface area contributed by atoms with Gasteiger partial charge < -0.3 is 18.9 Å². The minimum absolute atomic E-state index is 0.127. The first-order valence-corrected chi connectivity index (χ1v) is 11.7. The lowest BCUT2D eigenvalue weighted by molar-refractivity contribution is 0.158. The molecule has 31 heavy (non-hydrogen) atoms. The summed E-state index contributed by atoms with van der Waals surface area (Å²) in [6, 6.07) is 12.3. The van der Waals surface area contributed by atoms with Crippen LogP contribution in [0.2, 0.25) is 0 Å². The van der Waals surface area contributed by atoms with Gasteiger partial charge in [-0.05, 0) is 43.3 Å². The molecule has 170 valence electrons. The van der Waals surface area contributed by atoms with Gasteiger partial charge in [-0.25, -0.2) is 8.42 Å². The fourth-order valence-electron chi connectivity index (χ4n) is 3.41. The van der Waals surface area contributed by atoms with Crippen LogP contribution < -0.4 is 18.9 Å². The van der Waals surface area contributed by atoms with Gasteiger partial charge in [0.15, 0.2) is 0 Å². The maximum atomic E-state index is 13.2. The van der Waals surface area contributed by atoms with Crippen molar-refractivity contribution in [2.24, 2.45) is 0 Å². The number of benzene rings is 2. The van der Waals surface area contributed by atoms with Crippen LogP contribution in [-0.2, 0) is 10.0 Å². The number of piperazine rings is 1. The van der Waals surface area contributed by atoms with Crippen LogP contribution in [-0.4, -0.2) is 77.8 Å². The zero-order valence-corrected chi connectivity index (χ0v) is 19.1. The summed E-state index contributed by atoms with van der Waals surface area (Å²) < 4.78 is 49.5. The van der Waals surface area contributed by atoms with Gasteiger partial charge in [0.1, 0.15) is 34.5 Å². The Kier molecular flexibility index (Phi) is 8.00. The average molecular weight is 451 g/mol. The van der Waals surface area contributed by atoms with E-state index in [1.54, 1.807) is 12.1 Å². The highest BCUT2D eigenvalue weighted by molar-refractivity contribution is 7.89. The summed E-state index contributed by atoms with van der Waals surface area (Å²) in [7, 11) is -0.707. The second-order valence-electron chi connectivity index (χ2n) is 7.02.